The smallest absolute Gasteiger partial charge is 0.241 e. The minimum atomic E-state index is -0.343. The van der Waals surface area contributed by atoms with E-state index in [0.29, 0.717) is 44.3 Å². The van der Waals surface area contributed by atoms with Crippen LogP contribution >= 0.6 is 0 Å². The molecule has 0 aromatic heterocycles. The van der Waals surface area contributed by atoms with Gasteiger partial charge in [-0.05, 0) is 64.2 Å². The summed E-state index contributed by atoms with van der Waals surface area (Å²) in [6.45, 7) is 15.6. The first-order valence-electron chi connectivity index (χ1n) is 12.9. The molecule has 1 aromatic rings. The maximum absolute atomic E-state index is 13.9. The van der Waals surface area contributed by atoms with Crippen molar-refractivity contribution < 1.29 is 18.7 Å². The van der Waals surface area contributed by atoms with E-state index in [2.05, 4.69) is 43.2 Å². The molecular weight excluding hydrogens is 447 g/mol. The van der Waals surface area contributed by atoms with Gasteiger partial charge in [-0.15, -0.1) is 0 Å². The predicted octanol–water partition coefficient (Wildman–Crippen LogP) is 3.11. The van der Waals surface area contributed by atoms with Crippen LogP contribution in [0.25, 0.3) is 0 Å². The van der Waals surface area contributed by atoms with Crippen LogP contribution in [0.5, 0.6) is 0 Å². The fourth-order valence-electron chi connectivity index (χ4n) is 5.40. The van der Waals surface area contributed by atoms with Gasteiger partial charge in [0.25, 0.3) is 0 Å². The number of nitrogens with one attached hydrogen (secondary N) is 2. The lowest BCUT2D eigenvalue weighted by Gasteiger charge is -2.51. The summed E-state index contributed by atoms with van der Waals surface area (Å²) in [5, 5.41) is 6.64. The Bertz CT molecular complexity index is 891. The monoisotopic (exact) mass is 490 g/mol. The lowest BCUT2D eigenvalue weighted by Crippen LogP contribution is -2.67. The summed E-state index contributed by atoms with van der Waals surface area (Å²) >= 11 is 0. The van der Waals surface area contributed by atoms with E-state index in [1.807, 2.05) is 13.8 Å². The zero-order valence-electron chi connectivity index (χ0n) is 22.2. The summed E-state index contributed by atoms with van der Waals surface area (Å²) in [7, 11) is 0. The molecule has 1 aromatic carbocycles. The van der Waals surface area contributed by atoms with Gasteiger partial charge in [0.05, 0.1) is 25.1 Å². The van der Waals surface area contributed by atoms with Crippen LogP contribution in [0.3, 0.4) is 0 Å². The highest BCUT2D eigenvalue weighted by Crippen LogP contribution is 2.32. The van der Waals surface area contributed by atoms with Crippen molar-refractivity contribution in [3.63, 3.8) is 0 Å². The fraction of sp³-hybridized carbons (Fsp3) is 0.704. The molecule has 35 heavy (non-hydrogen) atoms. The molecule has 196 valence electrons. The van der Waals surface area contributed by atoms with Crippen molar-refractivity contribution in [1.82, 2.24) is 15.5 Å². The third-order valence-corrected chi connectivity index (χ3v) is 7.16. The second kappa shape index (κ2) is 11.8. The first kappa shape index (κ1) is 27.6. The van der Waals surface area contributed by atoms with Gasteiger partial charge < -0.3 is 20.3 Å². The molecule has 3 rings (SSSR count). The standard InChI is InChI=1S/C27H43FN4O3/c1-7-35-16-22(10-18(2)3)30-26(34)20-11-23(14-29-13-20)32-15-25(33)31(17-27(32,5)6)24-12-21(28)9-8-19(24)4/h8-9,12,18,20,22-23,29H,7,10-11,13-17H2,1-6H3,(H,30,34)/t20-,22+,23+/m0/s1. The van der Waals surface area contributed by atoms with Gasteiger partial charge in [0.1, 0.15) is 5.82 Å². The average Bonchev–Trinajstić information content (AvgIpc) is 2.80. The second-order valence-corrected chi connectivity index (χ2v) is 11.1. The molecule has 0 unspecified atom stereocenters. The molecule has 2 saturated heterocycles. The molecule has 7 nitrogen and oxygen atoms in total. The summed E-state index contributed by atoms with van der Waals surface area (Å²) in [5.74, 6) is -0.0460. The molecule has 0 radical (unpaired) electrons. The van der Waals surface area contributed by atoms with Gasteiger partial charge in [0.15, 0.2) is 0 Å². The number of piperidine rings is 1. The Morgan fingerprint density at radius 3 is 2.74 bits per heavy atom. The molecule has 0 spiro atoms. The number of carbonyl (C=O) groups excluding carboxylic acids is 2. The molecule has 2 aliphatic heterocycles. The zero-order valence-corrected chi connectivity index (χ0v) is 22.2. The Balaban J connectivity index is 1.68. The van der Waals surface area contributed by atoms with Crippen LogP contribution in [0.4, 0.5) is 10.1 Å². The van der Waals surface area contributed by atoms with E-state index in [9.17, 15) is 14.0 Å². The summed E-state index contributed by atoms with van der Waals surface area (Å²) in [6, 6.07) is 4.63. The largest absolute Gasteiger partial charge is 0.380 e. The van der Waals surface area contributed by atoms with Crippen LogP contribution in [0.2, 0.25) is 0 Å². The number of benzene rings is 1. The van der Waals surface area contributed by atoms with Crippen molar-refractivity contribution in [2.45, 2.75) is 72.0 Å². The van der Waals surface area contributed by atoms with E-state index in [0.717, 1.165) is 18.5 Å². The van der Waals surface area contributed by atoms with Crippen molar-refractivity contribution in [2.24, 2.45) is 11.8 Å². The number of anilines is 1. The molecule has 2 amide bonds. The highest BCUT2D eigenvalue weighted by molar-refractivity contribution is 5.96. The van der Waals surface area contributed by atoms with Crippen molar-refractivity contribution in [2.75, 3.05) is 44.3 Å². The van der Waals surface area contributed by atoms with Crippen LogP contribution in [-0.4, -0.2) is 73.7 Å². The lowest BCUT2D eigenvalue weighted by atomic mass is 9.88. The Labute approximate surface area is 209 Å². The topological polar surface area (TPSA) is 73.9 Å². The molecule has 2 heterocycles. The number of hydrogen-bond acceptors (Lipinski definition) is 5. The van der Waals surface area contributed by atoms with Crippen LogP contribution in [0.15, 0.2) is 18.2 Å². The third-order valence-electron chi connectivity index (χ3n) is 7.16. The molecule has 3 atom stereocenters. The van der Waals surface area contributed by atoms with Crippen molar-refractivity contribution in [3.8, 4) is 0 Å². The summed E-state index contributed by atoms with van der Waals surface area (Å²) in [4.78, 5) is 30.3. The second-order valence-electron chi connectivity index (χ2n) is 11.1. The minimum absolute atomic E-state index is 0.00102. The van der Waals surface area contributed by atoms with Gasteiger partial charge in [-0.3, -0.25) is 14.5 Å². The SMILES string of the molecule is CCOC[C@@H](CC(C)C)NC(=O)[C@@H]1CNC[C@H](N2CC(=O)N(c3cc(F)ccc3C)CC2(C)C)C1. The maximum Gasteiger partial charge on any atom is 0.241 e. The number of nitrogens with zero attached hydrogens (tertiary/aromatic N) is 2. The van der Waals surface area contributed by atoms with Crippen molar-refractivity contribution in [1.29, 1.82) is 0 Å². The maximum atomic E-state index is 13.9. The number of hydrogen-bond donors (Lipinski definition) is 2. The van der Waals surface area contributed by atoms with Crippen LogP contribution in [0, 0.1) is 24.6 Å². The van der Waals surface area contributed by atoms with Gasteiger partial charge in [-0.1, -0.05) is 19.9 Å². The molecule has 0 bridgehead atoms. The van der Waals surface area contributed by atoms with Gasteiger partial charge in [0, 0.05) is 43.5 Å². The van der Waals surface area contributed by atoms with Crippen LogP contribution in [-0.2, 0) is 14.3 Å². The lowest BCUT2D eigenvalue weighted by molar-refractivity contribution is -0.129. The molecule has 2 N–H and O–H groups in total. The molecule has 8 heteroatoms. The van der Waals surface area contributed by atoms with E-state index in [1.165, 1.54) is 12.1 Å². The number of rotatable bonds is 9. The Hall–Kier alpha value is -2.03. The first-order chi connectivity index (χ1) is 16.5. The summed E-state index contributed by atoms with van der Waals surface area (Å²) < 4.78 is 19.5. The average molecular weight is 491 g/mol. The number of aryl methyl sites for hydroxylation is 1. The van der Waals surface area contributed by atoms with Crippen LogP contribution in [0.1, 0.15) is 53.0 Å². The number of amides is 2. The third kappa shape index (κ3) is 7.02. The van der Waals surface area contributed by atoms with Crippen molar-refractivity contribution >= 4 is 17.5 Å². The first-order valence-corrected chi connectivity index (χ1v) is 12.9. The van der Waals surface area contributed by atoms with E-state index >= 15 is 0 Å². The Morgan fingerprint density at radius 1 is 1.31 bits per heavy atom. The summed E-state index contributed by atoms with van der Waals surface area (Å²) in [5.41, 5.74) is 1.18. The molecular formula is C27H43FN4O3. The number of halogens is 1. The van der Waals surface area contributed by atoms with E-state index < -0.39 is 0 Å². The number of ether oxygens (including phenoxy) is 1. The van der Waals surface area contributed by atoms with Crippen molar-refractivity contribution in [3.05, 3.63) is 29.6 Å². The van der Waals surface area contributed by atoms with E-state index in [-0.39, 0.29) is 47.7 Å². The highest BCUT2D eigenvalue weighted by atomic mass is 19.1. The fourth-order valence-corrected chi connectivity index (χ4v) is 5.40. The number of carbonyl (C=O) groups is 2. The van der Waals surface area contributed by atoms with Gasteiger partial charge in [-0.25, -0.2) is 4.39 Å². The van der Waals surface area contributed by atoms with E-state index in [4.69, 9.17) is 4.74 Å². The molecule has 2 aliphatic rings. The Kier molecular flexibility index (Phi) is 9.29. The Morgan fingerprint density at radius 2 is 2.06 bits per heavy atom. The normalized spacial score (nSPS) is 24.0. The number of piperazine rings is 1. The van der Waals surface area contributed by atoms with Gasteiger partial charge in [0.2, 0.25) is 11.8 Å². The predicted molar refractivity (Wildman–Crippen MR) is 137 cm³/mol. The molecule has 0 saturated carbocycles. The van der Waals surface area contributed by atoms with E-state index in [1.54, 1.807) is 11.0 Å². The van der Waals surface area contributed by atoms with Gasteiger partial charge >= 0.3 is 0 Å². The minimum Gasteiger partial charge on any atom is -0.380 e. The molecule has 2 fully saturated rings. The van der Waals surface area contributed by atoms with Gasteiger partial charge in [-0.2, -0.15) is 0 Å². The zero-order chi connectivity index (χ0) is 25.8. The quantitative estimate of drug-likeness (QED) is 0.557. The molecule has 0 aliphatic carbocycles. The highest BCUT2D eigenvalue weighted by Gasteiger charge is 2.44. The summed E-state index contributed by atoms with van der Waals surface area (Å²) in [6.07, 6.45) is 1.57. The van der Waals surface area contributed by atoms with Crippen LogP contribution < -0.4 is 15.5 Å².